The van der Waals surface area contributed by atoms with Crippen LogP contribution in [0.15, 0.2) is 18.2 Å². The number of carbonyl (C=O) groups excluding carboxylic acids is 1. The Balaban J connectivity index is 2.75. The number of hydrogen-bond donors (Lipinski definition) is 3. The van der Waals surface area contributed by atoms with Crippen molar-refractivity contribution in [3.05, 3.63) is 23.8 Å². The van der Waals surface area contributed by atoms with Crippen molar-refractivity contribution in [2.45, 2.75) is 26.5 Å². The third-order valence-corrected chi connectivity index (χ3v) is 2.36. The minimum atomic E-state index is -0.394. The largest absolute Gasteiger partial charge is 0.496 e. The molecule has 0 fully saturated rings. The number of aliphatic hydroxyl groups is 1. The lowest BCUT2D eigenvalue weighted by Crippen LogP contribution is -2.24. The molecule has 0 radical (unpaired) electrons. The number of amides is 1. The third-order valence-electron chi connectivity index (χ3n) is 2.36. The van der Waals surface area contributed by atoms with Gasteiger partial charge in [-0.2, -0.15) is 0 Å². The minimum Gasteiger partial charge on any atom is -0.496 e. The highest BCUT2D eigenvalue weighted by Crippen LogP contribution is 2.22. The van der Waals surface area contributed by atoms with Crippen LogP contribution < -0.4 is 15.4 Å². The average Bonchev–Trinajstić information content (AvgIpc) is 2.28. The Labute approximate surface area is 107 Å². The Morgan fingerprint density at radius 3 is 2.78 bits per heavy atom. The highest BCUT2D eigenvalue weighted by molar-refractivity contribution is 5.88. The molecule has 0 aliphatic rings. The molecule has 0 spiro atoms. The lowest BCUT2D eigenvalue weighted by atomic mass is 10.1. The van der Waals surface area contributed by atoms with Gasteiger partial charge in [-0.15, -0.1) is 0 Å². The van der Waals surface area contributed by atoms with Crippen LogP contribution in [0, 0.1) is 0 Å². The van der Waals surface area contributed by atoms with E-state index in [1.54, 1.807) is 20.1 Å². The number of methoxy groups -OCH3 is 1. The van der Waals surface area contributed by atoms with Gasteiger partial charge in [-0.3, -0.25) is 4.79 Å². The fraction of sp³-hybridized carbons (Fsp3) is 0.462. The highest BCUT2D eigenvalue weighted by Gasteiger charge is 2.05. The molecule has 0 saturated heterocycles. The van der Waals surface area contributed by atoms with Gasteiger partial charge in [0.05, 0.1) is 13.2 Å². The molecule has 1 atom stereocenters. The van der Waals surface area contributed by atoms with Crippen molar-refractivity contribution < 1.29 is 14.6 Å². The van der Waals surface area contributed by atoms with E-state index in [9.17, 15) is 9.90 Å². The molecule has 1 aromatic rings. The number of aliphatic hydroxyl groups excluding tert-OH is 1. The van der Waals surface area contributed by atoms with Crippen LogP contribution in [-0.2, 0) is 11.3 Å². The minimum absolute atomic E-state index is 0.108. The zero-order chi connectivity index (χ0) is 13.5. The average molecular weight is 252 g/mol. The number of benzene rings is 1. The van der Waals surface area contributed by atoms with Crippen LogP contribution in [0.1, 0.15) is 19.4 Å². The van der Waals surface area contributed by atoms with E-state index in [-0.39, 0.29) is 5.91 Å². The molecule has 1 amide bonds. The maximum atomic E-state index is 11.0. The van der Waals surface area contributed by atoms with Gasteiger partial charge in [0, 0.05) is 31.3 Å². The number of carbonyl (C=O) groups is 1. The van der Waals surface area contributed by atoms with Gasteiger partial charge < -0.3 is 20.5 Å². The van der Waals surface area contributed by atoms with E-state index in [0.29, 0.717) is 13.1 Å². The first kappa shape index (κ1) is 14.5. The van der Waals surface area contributed by atoms with Crippen LogP contribution in [0.5, 0.6) is 5.75 Å². The molecule has 0 saturated carbocycles. The Bertz CT molecular complexity index is 405. The molecule has 5 nitrogen and oxygen atoms in total. The quantitative estimate of drug-likeness (QED) is 0.709. The second-order valence-corrected chi connectivity index (χ2v) is 4.19. The van der Waals surface area contributed by atoms with Crippen molar-refractivity contribution in [3.63, 3.8) is 0 Å². The van der Waals surface area contributed by atoms with Crippen molar-refractivity contribution in [2.75, 3.05) is 19.0 Å². The molecule has 100 valence electrons. The normalized spacial score (nSPS) is 12.0. The van der Waals surface area contributed by atoms with Crippen molar-refractivity contribution >= 4 is 11.6 Å². The van der Waals surface area contributed by atoms with Gasteiger partial charge >= 0.3 is 0 Å². The zero-order valence-corrected chi connectivity index (χ0v) is 11.0. The van der Waals surface area contributed by atoms with Gasteiger partial charge in [0.2, 0.25) is 5.91 Å². The molecule has 0 heterocycles. The number of rotatable bonds is 6. The first-order valence-corrected chi connectivity index (χ1v) is 5.86. The smallest absolute Gasteiger partial charge is 0.221 e. The van der Waals surface area contributed by atoms with E-state index in [2.05, 4.69) is 10.6 Å². The summed E-state index contributed by atoms with van der Waals surface area (Å²) in [5.74, 6) is 0.644. The summed E-state index contributed by atoms with van der Waals surface area (Å²) < 4.78 is 5.25. The Morgan fingerprint density at radius 1 is 1.50 bits per heavy atom. The van der Waals surface area contributed by atoms with Crippen molar-refractivity contribution in [2.24, 2.45) is 0 Å². The summed E-state index contributed by atoms with van der Waals surface area (Å²) in [6.45, 7) is 4.27. The SMILES string of the molecule is COc1ccc(NC(C)=O)cc1CNCC(C)O. The topological polar surface area (TPSA) is 70.6 Å². The molecule has 1 unspecified atom stereocenters. The lowest BCUT2D eigenvalue weighted by molar-refractivity contribution is -0.114. The Morgan fingerprint density at radius 2 is 2.22 bits per heavy atom. The van der Waals surface area contributed by atoms with Gasteiger partial charge in [-0.25, -0.2) is 0 Å². The van der Waals surface area contributed by atoms with Crippen LogP contribution in [0.3, 0.4) is 0 Å². The number of ether oxygens (including phenoxy) is 1. The first-order valence-electron chi connectivity index (χ1n) is 5.86. The van der Waals surface area contributed by atoms with Crippen molar-refractivity contribution in [1.29, 1.82) is 0 Å². The molecule has 0 aliphatic heterocycles. The zero-order valence-electron chi connectivity index (χ0n) is 11.0. The van der Waals surface area contributed by atoms with E-state index in [1.807, 2.05) is 12.1 Å². The Hall–Kier alpha value is -1.59. The second-order valence-electron chi connectivity index (χ2n) is 4.19. The fourth-order valence-electron chi connectivity index (χ4n) is 1.61. The summed E-state index contributed by atoms with van der Waals surface area (Å²) in [7, 11) is 1.60. The molecule has 0 aromatic heterocycles. The monoisotopic (exact) mass is 252 g/mol. The predicted molar refractivity (Wildman–Crippen MR) is 70.7 cm³/mol. The molecule has 3 N–H and O–H groups in total. The second kappa shape index (κ2) is 6.98. The molecule has 0 bridgehead atoms. The predicted octanol–water partition coefficient (Wildman–Crippen LogP) is 1.12. The summed E-state index contributed by atoms with van der Waals surface area (Å²) in [5.41, 5.74) is 1.67. The van der Waals surface area contributed by atoms with E-state index in [4.69, 9.17) is 4.74 Å². The van der Waals surface area contributed by atoms with E-state index in [0.717, 1.165) is 17.0 Å². The van der Waals surface area contributed by atoms with Crippen molar-refractivity contribution in [1.82, 2.24) is 5.32 Å². The maximum absolute atomic E-state index is 11.0. The van der Waals surface area contributed by atoms with Crippen LogP contribution in [0.25, 0.3) is 0 Å². The van der Waals surface area contributed by atoms with Crippen LogP contribution in [0.2, 0.25) is 0 Å². The number of nitrogens with one attached hydrogen (secondary N) is 2. The third kappa shape index (κ3) is 4.73. The molecule has 1 rings (SSSR count). The molecule has 1 aromatic carbocycles. The summed E-state index contributed by atoms with van der Waals surface area (Å²) in [4.78, 5) is 11.0. The van der Waals surface area contributed by atoms with E-state index in [1.165, 1.54) is 6.92 Å². The van der Waals surface area contributed by atoms with E-state index < -0.39 is 6.10 Å². The van der Waals surface area contributed by atoms with E-state index >= 15 is 0 Å². The van der Waals surface area contributed by atoms with Crippen LogP contribution in [-0.4, -0.2) is 30.8 Å². The molecule has 0 aliphatic carbocycles. The summed E-state index contributed by atoms with van der Waals surface area (Å²) in [5, 5.41) is 15.0. The highest BCUT2D eigenvalue weighted by atomic mass is 16.5. The molecule has 18 heavy (non-hydrogen) atoms. The molecule has 5 heteroatoms. The van der Waals surface area contributed by atoms with Crippen LogP contribution in [0.4, 0.5) is 5.69 Å². The number of hydrogen-bond acceptors (Lipinski definition) is 4. The van der Waals surface area contributed by atoms with Gasteiger partial charge in [-0.1, -0.05) is 0 Å². The van der Waals surface area contributed by atoms with Gasteiger partial charge in [0.15, 0.2) is 0 Å². The number of anilines is 1. The Kier molecular flexibility index (Phi) is 5.61. The first-order chi connectivity index (χ1) is 8.52. The molecular formula is C13H20N2O3. The standard InChI is InChI=1S/C13H20N2O3/c1-9(16)7-14-8-11-6-12(15-10(2)17)4-5-13(11)18-3/h4-6,9,14,16H,7-8H2,1-3H3,(H,15,17). The lowest BCUT2D eigenvalue weighted by Gasteiger charge is -2.12. The summed E-state index contributed by atoms with van der Waals surface area (Å²) in [6.07, 6.45) is -0.394. The van der Waals surface area contributed by atoms with Gasteiger partial charge in [0.25, 0.3) is 0 Å². The summed E-state index contributed by atoms with van der Waals surface area (Å²) >= 11 is 0. The summed E-state index contributed by atoms with van der Waals surface area (Å²) in [6, 6.07) is 5.46. The maximum Gasteiger partial charge on any atom is 0.221 e. The van der Waals surface area contributed by atoms with Crippen molar-refractivity contribution in [3.8, 4) is 5.75 Å². The van der Waals surface area contributed by atoms with Crippen LogP contribution >= 0.6 is 0 Å². The molecular weight excluding hydrogens is 232 g/mol. The van der Waals surface area contributed by atoms with Gasteiger partial charge in [0.1, 0.15) is 5.75 Å². The van der Waals surface area contributed by atoms with Gasteiger partial charge in [-0.05, 0) is 25.1 Å². The fourth-order valence-corrected chi connectivity index (χ4v) is 1.61.